The highest BCUT2D eigenvalue weighted by molar-refractivity contribution is 7.00. The van der Waals surface area contributed by atoms with Gasteiger partial charge in [-0.2, -0.15) is 8.75 Å². The van der Waals surface area contributed by atoms with E-state index >= 15 is 0 Å². The second-order valence-corrected chi connectivity index (χ2v) is 5.75. The summed E-state index contributed by atoms with van der Waals surface area (Å²) in [6, 6.07) is 3.50. The predicted octanol–water partition coefficient (Wildman–Crippen LogP) is 4.66. The molecule has 0 aliphatic heterocycles. The van der Waals surface area contributed by atoms with Gasteiger partial charge in [-0.15, -0.1) is 0 Å². The first-order chi connectivity index (χ1) is 9.66. The molecule has 0 atom stereocenters. The summed E-state index contributed by atoms with van der Waals surface area (Å²) in [6.45, 7) is 0.509. The molecule has 0 unspecified atom stereocenters. The number of pyridine rings is 1. The molecule has 4 nitrogen and oxygen atoms in total. The monoisotopic (exact) mass is 344 g/mol. The van der Waals surface area contributed by atoms with Crippen LogP contribution in [0.2, 0.25) is 15.1 Å². The first-order valence-electron chi connectivity index (χ1n) is 5.59. The molecule has 3 rings (SSSR count). The van der Waals surface area contributed by atoms with Crippen LogP contribution in [0.1, 0.15) is 5.56 Å². The summed E-state index contributed by atoms with van der Waals surface area (Å²) in [7, 11) is 0. The van der Waals surface area contributed by atoms with E-state index in [9.17, 15) is 0 Å². The molecule has 0 aliphatic rings. The Morgan fingerprint density at radius 1 is 1.05 bits per heavy atom. The predicted molar refractivity (Wildman–Crippen MR) is 84.0 cm³/mol. The Kier molecular flexibility index (Phi) is 3.94. The molecule has 0 saturated carbocycles. The molecule has 0 aliphatic carbocycles. The van der Waals surface area contributed by atoms with Crippen LogP contribution >= 0.6 is 46.5 Å². The lowest BCUT2D eigenvalue weighted by molar-refractivity contribution is 1.13. The van der Waals surface area contributed by atoms with Crippen molar-refractivity contribution in [2.75, 3.05) is 5.32 Å². The highest BCUT2D eigenvalue weighted by Gasteiger charge is 2.14. The quantitative estimate of drug-likeness (QED) is 0.750. The molecule has 20 heavy (non-hydrogen) atoms. The molecule has 0 amide bonds. The smallest absolute Gasteiger partial charge is 0.130 e. The molecule has 8 heteroatoms. The zero-order valence-corrected chi connectivity index (χ0v) is 13.0. The minimum absolute atomic E-state index is 0.492. The van der Waals surface area contributed by atoms with Gasteiger partial charge in [-0.25, -0.2) is 0 Å². The number of nitrogens with zero attached hydrogens (tertiary/aromatic N) is 3. The van der Waals surface area contributed by atoms with Crippen molar-refractivity contribution in [2.45, 2.75) is 6.54 Å². The van der Waals surface area contributed by atoms with E-state index in [0.717, 1.165) is 17.3 Å². The summed E-state index contributed by atoms with van der Waals surface area (Å²) >= 11 is 19.5. The molecule has 2 heterocycles. The van der Waals surface area contributed by atoms with Crippen molar-refractivity contribution >= 4 is 63.3 Å². The Bertz CT molecular complexity index is 774. The van der Waals surface area contributed by atoms with Gasteiger partial charge in [0.1, 0.15) is 11.0 Å². The number of nitrogens with one attached hydrogen (secondary N) is 1. The SMILES string of the molecule is Clc1cnccc1CNc1c(Cl)cc(Cl)c2nsnc12. The molecule has 0 bridgehead atoms. The molecule has 1 aromatic carbocycles. The second-order valence-electron chi connectivity index (χ2n) is 4.00. The van der Waals surface area contributed by atoms with Gasteiger partial charge >= 0.3 is 0 Å². The number of anilines is 1. The number of hydrogen-bond acceptors (Lipinski definition) is 5. The second kappa shape index (κ2) is 5.69. The first-order valence-corrected chi connectivity index (χ1v) is 7.46. The molecule has 0 fully saturated rings. The number of benzene rings is 1. The van der Waals surface area contributed by atoms with E-state index in [0.29, 0.717) is 38.3 Å². The molecule has 0 saturated heterocycles. The number of halogens is 3. The Labute approximate surface area is 134 Å². The molecular weight excluding hydrogens is 339 g/mol. The maximum Gasteiger partial charge on any atom is 0.130 e. The first kappa shape index (κ1) is 13.8. The lowest BCUT2D eigenvalue weighted by Gasteiger charge is -2.10. The van der Waals surface area contributed by atoms with Gasteiger partial charge in [0.25, 0.3) is 0 Å². The van der Waals surface area contributed by atoms with Crippen LogP contribution in [0, 0.1) is 0 Å². The van der Waals surface area contributed by atoms with E-state index in [2.05, 4.69) is 19.0 Å². The molecule has 1 N–H and O–H groups in total. The molecule has 2 aromatic heterocycles. The van der Waals surface area contributed by atoms with Crippen LogP contribution in [0.25, 0.3) is 11.0 Å². The van der Waals surface area contributed by atoms with E-state index in [1.165, 1.54) is 0 Å². The van der Waals surface area contributed by atoms with Crippen molar-refractivity contribution in [3.63, 3.8) is 0 Å². The average Bonchev–Trinajstić information content (AvgIpc) is 2.90. The summed E-state index contributed by atoms with van der Waals surface area (Å²) in [5.41, 5.74) is 2.93. The van der Waals surface area contributed by atoms with Crippen molar-refractivity contribution in [3.8, 4) is 0 Å². The molecule has 0 radical (unpaired) electrons. The van der Waals surface area contributed by atoms with Crippen molar-refractivity contribution in [3.05, 3.63) is 45.2 Å². The Morgan fingerprint density at radius 2 is 1.85 bits per heavy atom. The number of hydrogen-bond donors (Lipinski definition) is 1. The van der Waals surface area contributed by atoms with Crippen LogP contribution in [0.15, 0.2) is 24.5 Å². The number of fused-ring (bicyclic) bond motifs is 1. The Hall–Kier alpha value is -1.14. The lowest BCUT2D eigenvalue weighted by Crippen LogP contribution is -2.02. The third-order valence-corrected chi connectivity index (χ3v) is 4.21. The minimum atomic E-state index is 0.492. The standard InChI is InChI=1S/C12H7Cl3N4S/c13-7-3-8(14)11-12(19-20-18-11)10(7)17-4-6-1-2-16-5-9(6)15/h1-3,5,17H,4H2. The van der Waals surface area contributed by atoms with Crippen LogP contribution in [-0.2, 0) is 6.54 Å². The zero-order chi connectivity index (χ0) is 14.1. The molecule has 0 spiro atoms. The minimum Gasteiger partial charge on any atom is -0.378 e. The third-order valence-electron chi connectivity index (χ3n) is 2.76. The maximum atomic E-state index is 6.22. The van der Waals surface area contributed by atoms with Crippen LogP contribution in [0.3, 0.4) is 0 Å². The van der Waals surface area contributed by atoms with E-state index in [-0.39, 0.29) is 0 Å². The number of aromatic nitrogens is 3. The van der Waals surface area contributed by atoms with Gasteiger partial charge in [0.2, 0.25) is 0 Å². The summed E-state index contributed by atoms with van der Waals surface area (Å²) < 4.78 is 8.39. The third kappa shape index (κ3) is 2.54. The highest BCUT2D eigenvalue weighted by atomic mass is 35.5. The van der Waals surface area contributed by atoms with E-state index < -0.39 is 0 Å². The molecular formula is C12H7Cl3N4S. The fraction of sp³-hybridized carbons (Fsp3) is 0.0833. The van der Waals surface area contributed by atoms with Crippen LogP contribution in [0.4, 0.5) is 5.69 Å². The highest BCUT2D eigenvalue weighted by Crippen LogP contribution is 2.35. The topological polar surface area (TPSA) is 50.7 Å². The van der Waals surface area contributed by atoms with E-state index in [4.69, 9.17) is 34.8 Å². The van der Waals surface area contributed by atoms with Gasteiger partial charge in [-0.1, -0.05) is 34.8 Å². The Balaban J connectivity index is 1.95. The number of rotatable bonds is 3. The summed E-state index contributed by atoms with van der Waals surface area (Å²) in [5.74, 6) is 0. The Morgan fingerprint density at radius 3 is 2.65 bits per heavy atom. The van der Waals surface area contributed by atoms with Gasteiger partial charge in [0, 0.05) is 18.9 Å². The van der Waals surface area contributed by atoms with Crippen molar-refractivity contribution in [1.82, 2.24) is 13.7 Å². The van der Waals surface area contributed by atoms with Crippen LogP contribution in [0.5, 0.6) is 0 Å². The van der Waals surface area contributed by atoms with Crippen molar-refractivity contribution in [1.29, 1.82) is 0 Å². The normalized spacial score (nSPS) is 10.9. The van der Waals surface area contributed by atoms with Gasteiger partial charge in [0.15, 0.2) is 0 Å². The van der Waals surface area contributed by atoms with Crippen LogP contribution < -0.4 is 5.32 Å². The maximum absolute atomic E-state index is 6.22. The zero-order valence-electron chi connectivity index (χ0n) is 9.90. The molecule has 102 valence electrons. The van der Waals surface area contributed by atoms with Gasteiger partial charge in [-0.3, -0.25) is 4.98 Å². The summed E-state index contributed by atoms with van der Waals surface area (Å²) in [4.78, 5) is 3.95. The fourth-order valence-electron chi connectivity index (χ4n) is 1.77. The largest absolute Gasteiger partial charge is 0.378 e. The lowest BCUT2D eigenvalue weighted by atomic mass is 10.2. The summed E-state index contributed by atoms with van der Waals surface area (Å²) in [5, 5.41) is 4.82. The van der Waals surface area contributed by atoms with Gasteiger partial charge < -0.3 is 5.32 Å². The van der Waals surface area contributed by atoms with Crippen molar-refractivity contribution in [2.24, 2.45) is 0 Å². The van der Waals surface area contributed by atoms with Crippen molar-refractivity contribution < 1.29 is 0 Å². The van der Waals surface area contributed by atoms with E-state index in [1.54, 1.807) is 18.5 Å². The van der Waals surface area contributed by atoms with E-state index in [1.807, 2.05) is 6.07 Å². The van der Waals surface area contributed by atoms with Gasteiger partial charge in [0.05, 0.1) is 32.5 Å². The average molecular weight is 346 g/mol. The fourth-order valence-corrected chi connectivity index (χ4v) is 3.14. The summed E-state index contributed by atoms with van der Waals surface area (Å²) in [6.07, 6.45) is 3.29. The van der Waals surface area contributed by atoms with Gasteiger partial charge in [-0.05, 0) is 17.7 Å². The van der Waals surface area contributed by atoms with Crippen LogP contribution in [-0.4, -0.2) is 13.7 Å². The molecule has 3 aromatic rings.